The van der Waals surface area contributed by atoms with Crippen LogP contribution in [-0.4, -0.2) is 0 Å². The summed E-state index contributed by atoms with van der Waals surface area (Å²) in [5.41, 5.74) is 1.45. The fraction of sp³-hybridized carbons (Fsp3) is 0.786. The molecule has 14 heavy (non-hydrogen) atoms. The summed E-state index contributed by atoms with van der Waals surface area (Å²) >= 11 is 0. The van der Waals surface area contributed by atoms with Crippen molar-refractivity contribution >= 4 is 0 Å². The van der Waals surface area contributed by atoms with E-state index in [1.54, 1.807) is 0 Å². The van der Waals surface area contributed by atoms with Crippen LogP contribution in [0.5, 0.6) is 0 Å². The number of hydrogen-bond acceptors (Lipinski definition) is 0. The van der Waals surface area contributed by atoms with Crippen molar-refractivity contribution in [1.29, 1.82) is 0 Å². The second-order valence-corrected chi connectivity index (χ2v) is 4.70. The van der Waals surface area contributed by atoms with Gasteiger partial charge in [-0.25, -0.2) is 0 Å². The van der Waals surface area contributed by atoms with Gasteiger partial charge in [-0.3, -0.25) is 0 Å². The average Bonchev–Trinajstić information content (AvgIpc) is 2.14. The number of rotatable bonds is 9. The molecule has 0 atom stereocenters. The average molecular weight is 195 g/mol. The van der Waals surface area contributed by atoms with E-state index in [-0.39, 0.29) is 0 Å². The molecule has 0 aromatic rings. The van der Waals surface area contributed by atoms with Crippen molar-refractivity contribution in [3.05, 3.63) is 19.1 Å². The maximum atomic E-state index is 4.13. The smallest absolute Gasteiger partial charge is 0.0321 e. The first-order chi connectivity index (χ1) is 6.66. The molecule has 0 nitrogen and oxygen atoms in total. The molecule has 0 fully saturated rings. The van der Waals surface area contributed by atoms with E-state index in [9.17, 15) is 0 Å². The van der Waals surface area contributed by atoms with Crippen LogP contribution in [0.25, 0.3) is 0 Å². The summed E-state index contributed by atoms with van der Waals surface area (Å²) in [6, 6.07) is 0. The minimum absolute atomic E-state index is 0.818. The van der Waals surface area contributed by atoms with E-state index in [1.165, 1.54) is 50.5 Å². The maximum Gasteiger partial charge on any atom is -0.0321 e. The summed E-state index contributed by atoms with van der Waals surface area (Å²) in [6.07, 6.45) is 10.2. The van der Waals surface area contributed by atoms with Crippen molar-refractivity contribution in [1.82, 2.24) is 0 Å². The molecule has 0 N–H and O–H groups in total. The molecule has 0 spiro atoms. The van der Waals surface area contributed by atoms with Crippen molar-refractivity contribution in [3.63, 3.8) is 0 Å². The van der Waals surface area contributed by atoms with E-state index in [0.29, 0.717) is 0 Å². The summed E-state index contributed by atoms with van der Waals surface area (Å²) < 4.78 is 0. The van der Waals surface area contributed by atoms with Gasteiger partial charge >= 0.3 is 0 Å². The van der Waals surface area contributed by atoms with Crippen LogP contribution in [0.1, 0.15) is 65.2 Å². The summed E-state index contributed by atoms with van der Waals surface area (Å²) in [6.45, 7) is 12.5. The summed E-state index contributed by atoms with van der Waals surface area (Å²) in [5.74, 6) is 0.818. The molecule has 0 saturated carbocycles. The Balaban J connectivity index is 3.18. The van der Waals surface area contributed by atoms with Gasteiger partial charge in [0.2, 0.25) is 0 Å². The van der Waals surface area contributed by atoms with Crippen molar-refractivity contribution < 1.29 is 0 Å². The molecule has 0 saturated heterocycles. The standard InChI is InChI=1S/C14H27/c1-5-6-7-8-9-10-14(4)12-11-13(2)3/h13H,1,4-12H2,2-3H3. The number of unbranched alkanes of at least 4 members (excludes halogenated alkanes) is 4. The lowest BCUT2D eigenvalue weighted by Gasteiger charge is -2.07. The fourth-order valence-electron chi connectivity index (χ4n) is 1.52. The Hall–Kier alpha value is -0.260. The lowest BCUT2D eigenvalue weighted by molar-refractivity contribution is 0.567. The Morgan fingerprint density at radius 3 is 2.21 bits per heavy atom. The summed E-state index contributed by atoms with van der Waals surface area (Å²) in [4.78, 5) is 0. The molecule has 1 radical (unpaired) electrons. The van der Waals surface area contributed by atoms with Gasteiger partial charge in [-0.05, 0) is 31.6 Å². The molecule has 0 bridgehead atoms. The van der Waals surface area contributed by atoms with Crippen LogP contribution in [0, 0.1) is 12.8 Å². The quantitative estimate of drug-likeness (QED) is 0.352. The first-order valence-electron chi connectivity index (χ1n) is 6.12. The Morgan fingerprint density at radius 2 is 1.64 bits per heavy atom. The third-order valence-electron chi connectivity index (χ3n) is 2.61. The van der Waals surface area contributed by atoms with Crippen LogP contribution in [0.15, 0.2) is 12.2 Å². The molecule has 0 aliphatic rings. The zero-order valence-electron chi connectivity index (χ0n) is 10.1. The highest BCUT2D eigenvalue weighted by atomic mass is 14.0. The lowest BCUT2D eigenvalue weighted by Crippen LogP contribution is -1.90. The Labute approximate surface area is 90.8 Å². The van der Waals surface area contributed by atoms with Gasteiger partial charge in [-0.15, -0.1) is 0 Å². The fourth-order valence-corrected chi connectivity index (χ4v) is 1.52. The van der Waals surface area contributed by atoms with E-state index in [4.69, 9.17) is 0 Å². The zero-order chi connectivity index (χ0) is 10.8. The first kappa shape index (κ1) is 13.7. The van der Waals surface area contributed by atoms with Gasteiger partial charge in [0.05, 0.1) is 0 Å². The first-order valence-corrected chi connectivity index (χ1v) is 6.12. The van der Waals surface area contributed by atoms with Crippen molar-refractivity contribution in [2.24, 2.45) is 5.92 Å². The van der Waals surface area contributed by atoms with Gasteiger partial charge < -0.3 is 0 Å². The third kappa shape index (κ3) is 9.83. The molecular formula is C14H27. The molecule has 0 aromatic heterocycles. The van der Waals surface area contributed by atoms with Gasteiger partial charge in [0, 0.05) is 0 Å². The van der Waals surface area contributed by atoms with Crippen molar-refractivity contribution in [2.45, 2.75) is 65.2 Å². The summed E-state index contributed by atoms with van der Waals surface area (Å²) in [7, 11) is 0. The lowest BCUT2D eigenvalue weighted by atomic mass is 9.99. The Morgan fingerprint density at radius 1 is 1.00 bits per heavy atom. The van der Waals surface area contributed by atoms with Crippen LogP contribution in [-0.2, 0) is 0 Å². The monoisotopic (exact) mass is 195 g/mol. The molecule has 0 aromatic carbocycles. The predicted octanol–water partition coefficient (Wildman–Crippen LogP) is 5.15. The van der Waals surface area contributed by atoms with Crippen LogP contribution < -0.4 is 0 Å². The molecule has 0 rings (SSSR count). The molecular weight excluding hydrogens is 168 g/mol. The van der Waals surface area contributed by atoms with Gasteiger partial charge in [-0.2, -0.15) is 0 Å². The third-order valence-corrected chi connectivity index (χ3v) is 2.61. The van der Waals surface area contributed by atoms with Crippen LogP contribution >= 0.6 is 0 Å². The van der Waals surface area contributed by atoms with Gasteiger partial charge in [0.1, 0.15) is 0 Å². The summed E-state index contributed by atoms with van der Waals surface area (Å²) in [5, 5.41) is 0. The van der Waals surface area contributed by atoms with E-state index in [0.717, 1.165) is 12.3 Å². The van der Waals surface area contributed by atoms with Gasteiger partial charge in [0.25, 0.3) is 0 Å². The molecule has 0 aliphatic carbocycles. The SMILES string of the molecule is [CH2]CCCCCCC(=C)CCC(C)C. The molecule has 0 unspecified atom stereocenters. The maximum absolute atomic E-state index is 4.13. The highest BCUT2D eigenvalue weighted by Gasteiger charge is 1.98. The van der Waals surface area contributed by atoms with Crippen molar-refractivity contribution in [3.8, 4) is 0 Å². The van der Waals surface area contributed by atoms with E-state index in [1.807, 2.05) is 0 Å². The number of allylic oxidation sites excluding steroid dienone is 1. The second kappa shape index (κ2) is 9.30. The minimum atomic E-state index is 0.818. The topological polar surface area (TPSA) is 0 Å². The molecule has 0 heteroatoms. The Bertz CT molecular complexity index is 133. The molecule has 0 aliphatic heterocycles. The number of hydrogen-bond donors (Lipinski definition) is 0. The van der Waals surface area contributed by atoms with Crippen LogP contribution in [0.4, 0.5) is 0 Å². The molecule has 0 heterocycles. The van der Waals surface area contributed by atoms with Gasteiger partial charge in [0.15, 0.2) is 0 Å². The van der Waals surface area contributed by atoms with Crippen LogP contribution in [0.2, 0.25) is 0 Å². The molecule has 83 valence electrons. The second-order valence-electron chi connectivity index (χ2n) is 4.70. The van der Waals surface area contributed by atoms with E-state index in [2.05, 4.69) is 27.4 Å². The Kier molecular flexibility index (Phi) is 9.13. The van der Waals surface area contributed by atoms with Gasteiger partial charge in [-0.1, -0.05) is 58.6 Å². The minimum Gasteiger partial charge on any atom is -0.0999 e. The van der Waals surface area contributed by atoms with E-state index < -0.39 is 0 Å². The zero-order valence-corrected chi connectivity index (χ0v) is 10.1. The largest absolute Gasteiger partial charge is 0.0999 e. The predicted molar refractivity (Wildman–Crippen MR) is 66.3 cm³/mol. The highest BCUT2D eigenvalue weighted by Crippen LogP contribution is 2.16. The molecule has 0 amide bonds. The highest BCUT2D eigenvalue weighted by molar-refractivity contribution is 4.93. The van der Waals surface area contributed by atoms with E-state index >= 15 is 0 Å². The van der Waals surface area contributed by atoms with Crippen molar-refractivity contribution in [2.75, 3.05) is 0 Å². The van der Waals surface area contributed by atoms with Crippen LogP contribution in [0.3, 0.4) is 0 Å². The normalized spacial score (nSPS) is 10.9.